The Morgan fingerprint density at radius 3 is 2.50 bits per heavy atom. The monoisotopic (exact) mass is 273 g/mol. The minimum Gasteiger partial charge on any atom is -0.491 e. The van der Waals surface area contributed by atoms with E-state index in [4.69, 9.17) is 4.74 Å². The lowest BCUT2D eigenvalue weighted by molar-refractivity contribution is 0.242. The Bertz CT molecular complexity index is 581. The predicted octanol–water partition coefficient (Wildman–Crippen LogP) is 4.00. The van der Waals surface area contributed by atoms with Crippen molar-refractivity contribution in [3.05, 3.63) is 53.8 Å². The summed E-state index contributed by atoms with van der Waals surface area (Å²) >= 11 is 0. The highest BCUT2D eigenvalue weighted by Crippen LogP contribution is 2.26. The number of nitrogens with one attached hydrogen (secondary N) is 1. The van der Waals surface area contributed by atoms with Crippen LogP contribution in [0.15, 0.2) is 42.5 Å². The molecule has 0 aliphatic rings. The number of halogens is 1. The quantitative estimate of drug-likeness (QED) is 0.889. The van der Waals surface area contributed by atoms with Crippen molar-refractivity contribution in [2.24, 2.45) is 0 Å². The van der Waals surface area contributed by atoms with Crippen molar-refractivity contribution in [2.45, 2.75) is 26.5 Å². The maximum absolute atomic E-state index is 14.0. The Kier molecular flexibility index (Phi) is 4.74. The zero-order chi connectivity index (χ0) is 14.5. The summed E-state index contributed by atoms with van der Waals surface area (Å²) < 4.78 is 19.6. The fourth-order valence-corrected chi connectivity index (χ4v) is 2.08. The number of hydrogen-bond donors (Lipinski definition) is 1. The van der Waals surface area contributed by atoms with Crippen LogP contribution in [0.1, 0.15) is 19.4 Å². The molecule has 0 radical (unpaired) electrons. The zero-order valence-corrected chi connectivity index (χ0v) is 12.1. The standard InChI is InChI=1S/C17H20FNO/c1-12(2)20-16-6-4-5-13(9-16)14-7-8-15(11-19-3)17(18)10-14/h4-10,12,19H,11H2,1-3H3. The molecule has 2 aromatic rings. The van der Waals surface area contributed by atoms with E-state index in [1.54, 1.807) is 13.1 Å². The van der Waals surface area contributed by atoms with Gasteiger partial charge in [-0.05, 0) is 50.2 Å². The van der Waals surface area contributed by atoms with Gasteiger partial charge in [-0.1, -0.05) is 24.3 Å². The lowest BCUT2D eigenvalue weighted by Crippen LogP contribution is -2.07. The van der Waals surface area contributed by atoms with Gasteiger partial charge in [0.2, 0.25) is 0 Å². The Hall–Kier alpha value is -1.87. The first-order valence-corrected chi connectivity index (χ1v) is 6.80. The second kappa shape index (κ2) is 6.53. The molecule has 0 atom stereocenters. The normalized spacial score (nSPS) is 10.8. The van der Waals surface area contributed by atoms with Gasteiger partial charge in [0.05, 0.1) is 6.10 Å². The number of ether oxygens (including phenoxy) is 1. The van der Waals surface area contributed by atoms with Gasteiger partial charge in [-0.2, -0.15) is 0 Å². The molecule has 0 heterocycles. The molecule has 2 aromatic carbocycles. The summed E-state index contributed by atoms with van der Waals surface area (Å²) in [5.41, 5.74) is 2.49. The molecule has 0 aromatic heterocycles. The first kappa shape index (κ1) is 14.5. The van der Waals surface area contributed by atoms with E-state index in [-0.39, 0.29) is 11.9 Å². The maximum atomic E-state index is 14.0. The summed E-state index contributed by atoms with van der Waals surface area (Å²) in [4.78, 5) is 0. The minimum absolute atomic E-state index is 0.125. The van der Waals surface area contributed by atoms with Crippen molar-refractivity contribution >= 4 is 0 Å². The molecule has 0 aliphatic heterocycles. The first-order valence-electron chi connectivity index (χ1n) is 6.80. The highest BCUT2D eigenvalue weighted by molar-refractivity contribution is 5.65. The lowest BCUT2D eigenvalue weighted by atomic mass is 10.0. The summed E-state index contributed by atoms with van der Waals surface area (Å²) in [5.74, 6) is 0.615. The highest BCUT2D eigenvalue weighted by Gasteiger charge is 2.06. The largest absolute Gasteiger partial charge is 0.491 e. The van der Waals surface area contributed by atoms with Crippen LogP contribution in [0.5, 0.6) is 5.75 Å². The third-order valence-electron chi connectivity index (χ3n) is 2.96. The van der Waals surface area contributed by atoms with Crippen molar-refractivity contribution in [3.63, 3.8) is 0 Å². The average molecular weight is 273 g/mol. The molecule has 0 saturated heterocycles. The van der Waals surface area contributed by atoms with Crippen LogP contribution in [0.2, 0.25) is 0 Å². The minimum atomic E-state index is -0.188. The van der Waals surface area contributed by atoms with E-state index in [2.05, 4.69) is 5.32 Å². The van der Waals surface area contributed by atoms with Crippen LogP contribution in [0.4, 0.5) is 4.39 Å². The van der Waals surface area contributed by atoms with Crippen molar-refractivity contribution in [1.82, 2.24) is 5.32 Å². The van der Waals surface area contributed by atoms with Crippen LogP contribution in [0.3, 0.4) is 0 Å². The number of rotatable bonds is 5. The van der Waals surface area contributed by atoms with Gasteiger partial charge >= 0.3 is 0 Å². The molecule has 20 heavy (non-hydrogen) atoms. The first-order chi connectivity index (χ1) is 9.60. The maximum Gasteiger partial charge on any atom is 0.128 e. The van der Waals surface area contributed by atoms with Crippen LogP contribution < -0.4 is 10.1 Å². The van der Waals surface area contributed by atoms with E-state index < -0.39 is 0 Å². The van der Waals surface area contributed by atoms with Gasteiger partial charge in [-0.3, -0.25) is 0 Å². The topological polar surface area (TPSA) is 21.3 Å². The van der Waals surface area contributed by atoms with Gasteiger partial charge in [0.25, 0.3) is 0 Å². The van der Waals surface area contributed by atoms with E-state index in [1.807, 2.05) is 50.2 Å². The molecule has 0 amide bonds. The van der Waals surface area contributed by atoms with Gasteiger partial charge in [0.15, 0.2) is 0 Å². The molecule has 2 nitrogen and oxygen atoms in total. The summed E-state index contributed by atoms with van der Waals surface area (Å²) in [6, 6.07) is 13.1. The Morgan fingerprint density at radius 2 is 1.85 bits per heavy atom. The molecular weight excluding hydrogens is 253 g/mol. The van der Waals surface area contributed by atoms with E-state index in [0.717, 1.165) is 16.9 Å². The van der Waals surface area contributed by atoms with E-state index in [0.29, 0.717) is 12.1 Å². The number of hydrogen-bond acceptors (Lipinski definition) is 2. The van der Waals surface area contributed by atoms with Crippen molar-refractivity contribution in [2.75, 3.05) is 7.05 Å². The molecule has 0 aliphatic carbocycles. The van der Waals surface area contributed by atoms with Gasteiger partial charge < -0.3 is 10.1 Å². The number of benzene rings is 2. The highest BCUT2D eigenvalue weighted by atomic mass is 19.1. The van der Waals surface area contributed by atoms with Crippen molar-refractivity contribution in [3.8, 4) is 16.9 Å². The molecular formula is C17H20FNO. The molecule has 106 valence electrons. The third-order valence-corrected chi connectivity index (χ3v) is 2.96. The fraction of sp³-hybridized carbons (Fsp3) is 0.294. The van der Waals surface area contributed by atoms with Crippen LogP contribution in [-0.4, -0.2) is 13.2 Å². The Labute approximate surface area is 119 Å². The molecule has 0 fully saturated rings. The summed E-state index contributed by atoms with van der Waals surface area (Å²) in [5, 5.41) is 2.95. The third kappa shape index (κ3) is 3.58. The Balaban J connectivity index is 2.29. The zero-order valence-electron chi connectivity index (χ0n) is 12.1. The summed E-state index contributed by atoms with van der Waals surface area (Å²) in [6.07, 6.45) is 0.125. The Morgan fingerprint density at radius 1 is 1.10 bits per heavy atom. The SMILES string of the molecule is CNCc1ccc(-c2cccc(OC(C)C)c2)cc1F. The van der Waals surface area contributed by atoms with E-state index in [1.165, 1.54) is 0 Å². The van der Waals surface area contributed by atoms with E-state index >= 15 is 0 Å². The molecule has 2 rings (SSSR count). The molecule has 0 saturated carbocycles. The van der Waals surface area contributed by atoms with Crippen LogP contribution in [-0.2, 0) is 6.54 Å². The molecule has 1 N–H and O–H groups in total. The molecule has 0 unspecified atom stereocenters. The predicted molar refractivity (Wildman–Crippen MR) is 80.4 cm³/mol. The summed E-state index contributed by atoms with van der Waals surface area (Å²) in [6.45, 7) is 4.50. The van der Waals surface area contributed by atoms with Crippen LogP contribution in [0.25, 0.3) is 11.1 Å². The van der Waals surface area contributed by atoms with Gasteiger partial charge in [0, 0.05) is 12.1 Å². The molecule has 0 spiro atoms. The second-order valence-corrected chi connectivity index (χ2v) is 5.03. The van der Waals surface area contributed by atoms with Gasteiger partial charge in [-0.25, -0.2) is 4.39 Å². The van der Waals surface area contributed by atoms with Crippen molar-refractivity contribution < 1.29 is 9.13 Å². The molecule has 0 bridgehead atoms. The van der Waals surface area contributed by atoms with Crippen molar-refractivity contribution in [1.29, 1.82) is 0 Å². The average Bonchev–Trinajstić information content (AvgIpc) is 2.41. The van der Waals surface area contributed by atoms with E-state index in [9.17, 15) is 4.39 Å². The lowest BCUT2D eigenvalue weighted by Gasteiger charge is -2.11. The van der Waals surface area contributed by atoms with Crippen LogP contribution >= 0.6 is 0 Å². The van der Waals surface area contributed by atoms with Gasteiger partial charge in [-0.15, -0.1) is 0 Å². The van der Waals surface area contributed by atoms with Crippen LogP contribution in [0, 0.1) is 5.82 Å². The second-order valence-electron chi connectivity index (χ2n) is 5.03. The fourth-order valence-electron chi connectivity index (χ4n) is 2.08. The smallest absolute Gasteiger partial charge is 0.128 e. The molecule has 3 heteroatoms. The van der Waals surface area contributed by atoms with Gasteiger partial charge in [0.1, 0.15) is 11.6 Å². The summed E-state index contributed by atoms with van der Waals surface area (Å²) in [7, 11) is 1.81.